The van der Waals surface area contributed by atoms with Crippen LogP contribution in [-0.4, -0.2) is 14.2 Å². The van der Waals surface area contributed by atoms with Crippen LogP contribution in [0.15, 0.2) is 54.6 Å². The van der Waals surface area contributed by atoms with Gasteiger partial charge in [-0.3, -0.25) is 0 Å². The lowest BCUT2D eigenvalue weighted by Gasteiger charge is -2.09. The molecule has 0 fully saturated rings. The molecular weight excluding hydrogens is 353 g/mol. The Kier molecular flexibility index (Phi) is 5.69. The molecule has 0 spiro atoms. The third-order valence-electron chi connectivity index (χ3n) is 4.47. The van der Waals surface area contributed by atoms with Crippen molar-refractivity contribution in [3.63, 3.8) is 0 Å². The summed E-state index contributed by atoms with van der Waals surface area (Å²) in [6.45, 7) is 0. The number of ether oxygens (including phenoxy) is 2. The van der Waals surface area contributed by atoms with Crippen molar-refractivity contribution >= 4 is 0 Å². The monoisotopic (exact) mass is 372 g/mol. The van der Waals surface area contributed by atoms with Crippen molar-refractivity contribution in [3.05, 3.63) is 83.2 Å². The summed E-state index contributed by atoms with van der Waals surface area (Å²) in [6, 6.07) is 15.0. The highest BCUT2D eigenvalue weighted by Crippen LogP contribution is 2.27. The van der Waals surface area contributed by atoms with Crippen LogP contribution >= 0.6 is 0 Å². The Bertz CT molecular complexity index is 937. The molecule has 0 radical (unpaired) electrons. The van der Waals surface area contributed by atoms with Crippen LogP contribution in [0.3, 0.4) is 0 Å². The van der Waals surface area contributed by atoms with Crippen LogP contribution in [0.25, 0.3) is 11.1 Å². The molecule has 5 heteroatoms. The third-order valence-corrected chi connectivity index (χ3v) is 4.47. The van der Waals surface area contributed by atoms with Crippen LogP contribution in [0, 0.1) is 17.5 Å². The Morgan fingerprint density at radius 1 is 0.741 bits per heavy atom. The van der Waals surface area contributed by atoms with E-state index in [1.165, 1.54) is 32.4 Å². The lowest BCUT2D eigenvalue weighted by atomic mass is 9.99. The largest absolute Gasteiger partial charge is 0.497 e. The van der Waals surface area contributed by atoms with Crippen LogP contribution in [0.4, 0.5) is 13.2 Å². The highest BCUT2D eigenvalue weighted by molar-refractivity contribution is 5.65. The van der Waals surface area contributed by atoms with Gasteiger partial charge in [0.2, 0.25) is 5.82 Å². The fourth-order valence-corrected chi connectivity index (χ4v) is 2.91. The molecular formula is C22H19F3O2. The Labute approximate surface area is 156 Å². The molecule has 0 amide bonds. The summed E-state index contributed by atoms with van der Waals surface area (Å²) in [5, 5.41) is 0. The molecule has 3 rings (SSSR count). The Balaban J connectivity index is 1.72. The Morgan fingerprint density at radius 3 is 2.11 bits per heavy atom. The van der Waals surface area contributed by atoms with Gasteiger partial charge in [0.05, 0.1) is 14.2 Å². The predicted octanol–water partition coefficient (Wildman–Crippen LogP) is 5.57. The molecule has 0 N–H and O–H groups in total. The van der Waals surface area contributed by atoms with Gasteiger partial charge in [0.25, 0.3) is 0 Å². The molecule has 0 bridgehead atoms. The van der Waals surface area contributed by atoms with Gasteiger partial charge in [0, 0.05) is 11.6 Å². The van der Waals surface area contributed by atoms with E-state index in [9.17, 15) is 13.2 Å². The number of hydrogen-bond donors (Lipinski definition) is 0. The lowest BCUT2D eigenvalue weighted by molar-refractivity contribution is 0.370. The first-order valence-corrected chi connectivity index (χ1v) is 8.47. The number of hydrogen-bond acceptors (Lipinski definition) is 2. The van der Waals surface area contributed by atoms with Crippen LogP contribution in [0.2, 0.25) is 0 Å². The normalized spacial score (nSPS) is 10.7. The standard InChI is InChI=1S/C22H19F3O2/c1-26-17-10-11-18(19(23)13-17)15-6-3-14(4-7-15)5-8-16-9-12-20(27-2)22(25)21(16)24/h3-4,6-7,9-13H,5,8H2,1-2H3. The minimum atomic E-state index is -0.972. The maximum atomic E-state index is 14.2. The molecule has 0 heterocycles. The highest BCUT2D eigenvalue weighted by Gasteiger charge is 2.14. The van der Waals surface area contributed by atoms with Crippen molar-refractivity contribution < 1.29 is 22.6 Å². The number of halogens is 3. The highest BCUT2D eigenvalue weighted by atomic mass is 19.2. The number of aryl methyl sites for hydroxylation is 2. The minimum Gasteiger partial charge on any atom is -0.497 e. The molecule has 2 nitrogen and oxygen atoms in total. The molecule has 27 heavy (non-hydrogen) atoms. The van der Waals surface area contributed by atoms with Gasteiger partial charge in [-0.2, -0.15) is 4.39 Å². The van der Waals surface area contributed by atoms with Gasteiger partial charge in [-0.15, -0.1) is 0 Å². The molecule has 0 saturated heterocycles. The van der Waals surface area contributed by atoms with E-state index in [-0.39, 0.29) is 11.6 Å². The summed E-state index contributed by atoms with van der Waals surface area (Å²) < 4.78 is 51.8. The predicted molar refractivity (Wildman–Crippen MR) is 98.7 cm³/mol. The molecule has 3 aromatic rings. The Hall–Kier alpha value is -2.95. The summed E-state index contributed by atoms with van der Waals surface area (Å²) in [6.07, 6.45) is 0.886. The maximum Gasteiger partial charge on any atom is 0.200 e. The van der Waals surface area contributed by atoms with E-state index < -0.39 is 11.6 Å². The van der Waals surface area contributed by atoms with E-state index in [4.69, 9.17) is 9.47 Å². The van der Waals surface area contributed by atoms with Gasteiger partial charge >= 0.3 is 0 Å². The fraction of sp³-hybridized carbons (Fsp3) is 0.182. The second-order valence-electron chi connectivity index (χ2n) is 6.10. The second kappa shape index (κ2) is 8.16. The van der Waals surface area contributed by atoms with Crippen molar-refractivity contribution in [1.82, 2.24) is 0 Å². The summed E-state index contributed by atoms with van der Waals surface area (Å²) in [5.74, 6) is -1.87. The zero-order valence-corrected chi connectivity index (χ0v) is 15.1. The fourth-order valence-electron chi connectivity index (χ4n) is 2.91. The van der Waals surface area contributed by atoms with Gasteiger partial charge in [0.15, 0.2) is 11.6 Å². The first-order valence-electron chi connectivity index (χ1n) is 8.47. The summed E-state index contributed by atoms with van der Waals surface area (Å²) in [4.78, 5) is 0. The zero-order chi connectivity index (χ0) is 19.4. The molecule has 3 aromatic carbocycles. The van der Waals surface area contributed by atoms with Gasteiger partial charge in [-0.1, -0.05) is 30.3 Å². The van der Waals surface area contributed by atoms with Crippen molar-refractivity contribution in [3.8, 4) is 22.6 Å². The molecule has 140 valence electrons. The average Bonchev–Trinajstić information content (AvgIpc) is 2.69. The summed E-state index contributed by atoms with van der Waals surface area (Å²) in [5.41, 5.74) is 2.45. The summed E-state index contributed by atoms with van der Waals surface area (Å²) in [7, 11) is 2.78. The van der Waals surface area contributed by atoms with Crippen LogP contribution < -0.4 is 9.47 Å². The first kappa shape index (κ1) is 18.8. The van der Waals surface area contributed by atoms with Gasteiger partial charge in [-0.05, 0) is 47.7 Å². The molecule has 0 unspecified atom stereocenters. The molecule has 0 aromatic heterocycles. The van der Waals surface area contributed by atoms with Crippen molar-refractivity contribution in [2.24, 2.45) is 0 Å². The van der Waals surface area contributed by atoms with Crippen molar-refractivity contribution in [2.75, 3.05) is 14.2 Å². The molecule has 0 atom stereocenters. The van der Waals surface area contributed by atoms with E-state index in [0.717, 1.165) is 11.1 Å². The van der Waals surface area contributed by atoms with Crippen LogP contribution in [0.1, 0.15) is 11.1 Å². The quantitative estimate of drug-likeness (QED) is 0.563. The molecule has 0 aliphatic rings. The summed E-state index contributed by atoms with van der Waals surface area (Å²) >= 11 is 0. The van der Waals surface area contributed by atoms with E-state index in [0.29, 0.717) is 29.7 Å². The van der Waals surface area contributed by atoms with Crippen LogP contribution in [0.5, 0.6) is 11.5 Å². The third kappa shape index (κ3) is 4.08. The van der Waals surface area contributed by atoms with E-state index in [1.807, 2.05) is 24.3 Å². The average molecular weight is 372 g/mol. The molecule has 0 saturated carbocycles. The van der Waals surface area contributed by atoms with E-state index >= 15 is 0 Å². The number of benzene rings is 3. The van der Waals surface area contributed by atoms with E-state index in [1.54, 1.807) is 12.1 Å². The van der Waals surface area contributed by atoms with Crippen molar-refractivity contribution in [1.29, 1.82) is 0 Å². The van der Waals surface area contributed by atoms with Crippen LogP contribution in [-0.2, 0) is 12.8 Å². The second-order valence-corrected chi connectivity index (χ2v) is 6.10. The SMILES string of the molecule is COc1ccc(-c2ccc(CCc3ccc(OC)c(F)c3F)cc2)c(F)c1. The lowest BCUT2D eigenvalue weighted by Crippen LogP contribution is -2.00. The van der Waals surface area contributed by atoms with Gasteiger partial charge in [0.1, 0.15) is 11.6 Å². The van der Waals surface area contributed by atoms with Gasteiger partial charge in [-0.25, -0.2) is 8.78 Å². The minimum absolute atomic E-state index is 0.109. The topological polar surface area (TPSA) is 18.5 Å². The van der Waals surface area contributed by atoms with E-state index in [2.05, 4.69) is 0 Å². The molecule has 0 aliphatic heterocycles. The number of methoxy groups -OCH3 is 2. The zero-order valence-electron chi connectivity index (χ0n) is 15.1. The Morgan fingerprint density at radius 2 is 1.48 bits per heavy atom. The first-order chi connectivity index (χ1) is 13.0. The number of rotatable bonds is 6. The smallest absolute Gasteiger partial charge is 0.200 e. The molecule has 0 aliphatic carbocycles. The van der Waals surface area contributed by atoms with Gasteiger partial charge < -0.3 is 9.47 Å². The maximum absolute atomic E-state index is 14.2. The van der Waals surface area contributed by atoms with Crippen molar-refractivity contribution in [2.45, 2.75) is 12.8 Å².